The smallest absolute Gasteiger partial charge is 0.0946 e. The van der Waals surface area contributed by atoms with Crippen molar-refractivity contribution in [3.63, 3.8) is 0 Å². The largest absolute Gasteiger partial charge is 0.336 e. The van der Waals surface area contributed by atoms with E-state index in [4.69, 9.17) is 5.73 Å². The summed E-state index contributed by atoms with van der Waals surface area (Å²) in [4.78, 5) is 4.07. The van der Waals surface area contributed by atoms with Gasteiger partial charge >= 0.3 is 0 Å². The summed E-state index contributed by atoms with van der Waals surface area (Å²) < 4.78 is 3.05. The number of hydrogen-bond donors (Lipinski definition) is 1. The van der Waals surface area contributed by atoms with Crippen molar-refractivity contribution >= 4 is 15.9 Å². The minimum atomic E-state index is -0.00586. The molecule has 0 aliphatic rings. The fourth-order valence-corrected chi connectivity index (χ4v) is 1.97. The van der Waals surface area contributed by atoms with E-state index in [9.17, 15) is 0 Å². The molecule has 2 aromatic rings. The maximum Gasteiger partial charge on any atom is 0.0946 e. The van der Waals surface area contributed by atoms with Crippen LogP contribution < -0.4 is 5.73 Å². The van der Waals surface area contributed by atoms with Crippen LogP contribution in [0.1, 0.15) is 17.3 Å². The highest BCUT2D eigenvalue weighted by Crippen LogP contribution is 2.17. The Labute approximate surface area is 103 Å². The number of rotatable bonds is 3. The van der Waals surface area contributed by atoms with Crippen molar-refractivity contribution in [2.75, 3.05) is 0 Å². The second kappa shape index (κ2) is 4.80. The lowest BCUT2D eigenvalue weighted by atomic mass is 10.0. The number of halogens is 1. The molecule has 2 rings (SSSR count). The van der Waals surface area contributed by atoms with Gasteiger partial charge < -0.3 is 10.3 Å². The number of benzene rings is 1. The van der Waals surface area contributed by atoms with E-state index in [1.807, 2.05) is 29.9 Å². The monoisotopic (exact) mass is 279 g/mol. The van der Waals surface area contributed by atoms with Gasteiger partial charge in [0.05, 0.1) is 18.1 Å². The van der Waals surface area contributed by atoms with Crippen LogP contribution in [0, 0.1) is 0 Å². The first-order valence-electron chi connectivity index (χ1n) is 5.13. The van der Waals surface area contributed by atoms with Crippen molar-refractivity contribution < 1.29 is 0 Å². The van der Waals surface area contributed by atoms with Crippen molar-refractivity contribution in [3.05, 3.63) is 52.5 Å². The first-order chi connectivity index (χ1) is 7.66. The predicted molar refractivity (Wildman–Crippen MR) is 68.0 cm³/mol. The first kappa shape index (κ1) is 11.4. The lowest BCUT2D eigenvalue weighted by Gasteiger charge is -2.12. The summed E-state index contributed by atoms with van der Waals surface area (Å²) in [6.45, 7) is 0. The van der Waals surface area contributed by atoms with Gasteiger partial charge in [-0.15, -0.1) is 0 Å². The summed E-state index contributed by atoms with van der Waals surface area (Å²) >= 11 is 3.42. The SMILES string of the molecule is Cn1cncc1C(N)Cc1ccc(Br)cc1. The topological polar surface area (TPSA) is 43.8 Å². The Kier molecular flexibility index (Phi) is 3.41. The standard InChI is InChI=1S/C12H14BrN3/c1-16-8-15-7-12(16)11(14)6-9-2-4-10(13)5-3-9/h2-5,7-8,11H,6,14H2,1H3. The van der Waals surface area contributed by atoms with Gasteiger partial charge in [-0.3, -0.25) is 0 Å². The van der Waals surface area contributed by atoms with Crippen molar-refractivity contribution in [2.24, 2.45) is 12.8 Å². The van der Waals surface area contributed by atoms with E-state index in [1.165, 1.54) is 5.56 Å². The molecule has 1 unspecified atom stereocenters. The number of aromatic nitrogens is 2. The van der Waals surface area contributed by atoms with Gasteiger partial charge in [-0.2, -0.15) is 0 Å². The fraction of sp³-hybridized carbons (Fsp3) is 0.250. The Balaban J connectivity index is 2.10. The van der Waals surface area contributed by atoms with Crippen LogP contribution in [0.5, 0.6) is 0 Å². The van der Waals surface area contributed by atoms with Crippen molar-refractivity contribution in [3.8, 4) is 0 Å². The molecule has 16 heavy (non-hydrogen) atoms. The molecule has 1 heterocycles. The Morgan fingerprint density at radius 2 is 2.06 bits per heavy atom. The second-order valence-electron chi connectivity index (χ2n) is 3.87. The Hall–Kier alpha value is -1.13. The number of nitrogens with two attached hydrogens (primary N) is 1. The Morgan fingerprint density at radius 3 is 2.62 bits per heavy atom. The minimum Gasteiger partial charge on any atom is -0.336 e. The zero-order valence-corrected chi connectivity index (χ0v) is 10.7. The maximum atomic E-state index is 6.14. The van der Waals surface area contributed by atoms with Crippen LogP contribution in [0.2, 0.25) is 0 Å². The fourth-order valence-electron chi connectivity index (χ4n) is 1.70. The lowest BCUT2D eigenvalue weighted by molar-refractivity contribution is 0.656. The molecule has 0 spiro atoms. The molecule has 84 valence electrons. The molecule has 1 aromatic carbocycles. The van der Waals surface area contributed by atoms with Gasteiger partial charge in [0.15, 0.2) is 0 Å². The molecule has 0 radical (unpaired) electrons. The van der Waals surface area contributed by atoms with Gasteiger partial charge in [0, 0.05) is 17.7 Å². The molecular weight excluding hydrogens is 266 g/mol. The third kappa shape index (κ3) is 2.51. The highest BCUT2D eigenvalue weighted by atomic mass is 79.9. The number of nitrogens with zero attached hydrogens (tertiary/aromatic N) is 2. The predicted octanol–water partition coefficient (Wildman–Crippen LogP) is 2.43. The van der Waals surface area contributed by atoms with E-state index in [0.29, 0.717) is 0 Å². The molecule has 0 fully saturated rings. The van der Waals surface area contributed by atoms with E-state index in [2.05, 4.69) is 33.0 Å². The molecule has 2 N–H and O–H groups in total. The van der Waals surface area contributed by atoms with Crippen molar-refractivity contribution in [1.29, 1.82) is 0 Å². The van der Waals surface area contributed by atoms with Gasteiger partial charge in [0.2, 0.25) is 0 Å². The number of imidazole rings is 1. The first-order valence-corrected chi connectivity index (χ1v) is 5.92. The van der Waals surface area contributed by atoms with Gasteiger partial charge in [-0.25, -0.2) is 4.98 Å². The Bertz CT molecular complexity index is 461. The van der Waals surface area contributed by atoms with Gasteiger partial charge in [-0.1, -0.05) is 28.1 Å². The van der Waals surface area contributed by atoms with Gasteiger partial charge in [0.1, 0.15) is 0 Å². The molecule has 0 aliphatic heterocycles. The molecule has 0 saturated carbocycles. The lowest BCUT2D eigenvalue weighted by Crippen LogP contribution is -2.16. The zero-order valence-electron chi connectivity index (χ0n) is 9.10. The van der Waals surface area contributed by atoms with Gasteiger partial charge in [-0.05, 0) is 24.1 Å². The van der Waals surface area contributed by atoms with Crippen LogP contribution >= 0.6 is 15.9 Å². The van der Waals surface area contributed by atoms with Gasteiger partial charge in [0.25, 0.3) is 0 Å². The summed E-state index contributed by atoms with van der Waals surface area (Å²) in [5, 5.41) is 0. The summed E-state index contributed by atoms with van der Waals surface area (Å²) in [7, 11) is 1.96. The summed E-state index contributed by atoms with van der Waals surface area (Å²) in [5.41, 5.74) is 8.43. The molecule has 0 aliphatic carbocycles. The van der Waals surface area contributed by atoms with E-state index in [0.717, 1.165) is 16.6 Å². The molecule has 0 amide bonds. The Morgan fingerprint density at radius 1 is 1.38 bits per heavy atom. The van der Waals surface area contributed by atoms with E-state index in [-0.39, 0.29) is 6.04 Å². The normalized spacial score (nSPS) is 12.7. The van der Waals surface area contributed by atoms with E-state index in [1.54, 1.807) is 6.33 Å². The summed E-state index contributed by atoms with van der Waals surface area (Å²) in [5.74, 6) is 0. The van der Waals surface area contributed by atoms with Crippen molar-refractivity contribution in [1.82, 2.24) is 9.55 Å². The zero-order chi connectivity index (χ0) is 11.5. The molecule has 1 atom stereocenters. The van der Waals surface area contributed by atoms with E-state index < -0.39 is 0 Å². The second-order valence-corrected chi connectivity index (χ2v) is 4.78. The highest BCUT2D eigenvalue weighted by molar-refractivity contribution is 9.10. The number of aryl methyl sites for hydroxylation is 1. The van der Waals surface area contributed by atoms with Crippen LogP contribution in [0.4, 0.5) is 0 Å². The molecule has 3 nitrogen and oxygen atoms in total. The molecular formula is C12H14BrN3. The minimum absolute atomic E-state index is 0.00586. The highest BCUT2D eigenvalue weighted by Gasteiger charge is 2.10. The third-order valence-corrected chi connectivity index (χ3v) is 3.13. The van der Waals surface area contributed by atoms with Crippen LogP contribution in [-0.4, -0.2) is 9.55 Å². The summed E-state index contributed by atoms with van der Waals surface area (Å²) in [6.07, 6.45) is 4.42. The van der Waals surface area contributed by atoms with Crippen LogP contribution in [-0.2, 0) is 13.5 Å². The van der Waals surface area contributed by atoms with Crippen LogP contribution in [0.15, 0.2) is 41.3 Å². The average Bonchev–Trinajstić information content (AvgIpc) is 2.68. The van der Waals surface area contributed by atoms with Crippen LogP contribution in [0.25, 0.3) is 0 Å². The van der Waals surface area contributed by atoms with E-state index >= 15 is 0 Å². The average molecular weight is 280 g/mol. The summed E-state index contributed by atoms with van der Waals surface area (Å²) in [6, 6.07) is 8.23. The molecule has 1 aromatic heterocycles. The third-order valence-electron chi connectivity index (χ3n) is 2.60. The van der Waals surface area contributed by atoms with Crippen LogP contribution in [0.3, 0.4) is 0 Å². The van der Waals surface area contributed by atoms with Crippen molar-refractivity contribution in [2.45, 2.75) is 12.5 Å². The quantitative estimate of drug-likeness (QED) is 0.938. The molecule has 0 bridgehead atoms. The molecule has 4 heteroatoms. The number of hydrogen-bond acceptors (Lipinski definition) is 2. The maximum absolute atomic E-state index is 6.14. The molecule has 0 saturated heterocycles.